The van der Waals surface area contributed by atoms with E-state index in [4.69, 9.17) is 23.8 Å². The monoisotopic (exact) mass is 326 g/mol. The van der Waals surface area contributed by atoms with Gasteiger partial charge in [-0.05, 0) is 56.1 Å². The number of benzene rings is 1. The predicted octanol–water partition coefficient (Wildman–Crippen LogP) is 2.39. The lowest BCUT2D eigenvalue weighted by Gasteiger charge is -2.23. The second-order valence-corrected chi connectivity index (χ2v) is 6.52. The first-order valence-electron chi connectivity index (χ1n) is 7.80. The molecule has 3 N–H and O–H groups in total. The van der Waals surface area contributed by atoms with Gasteiger partial charge in [0.1, 0.15) is 0 Å². The van der Waals surface area contributed by atoms with Crippen molar-refractivity contribution in [3.8, 4) is 0 Å². The molecular formula is C16H25ClN3S+. The van der Waals surface area contributed by atoms with Gasteiger partial charge in [0.15, 0.2) is 5.11 Å². The van der Waals surface area contributed by atoms with Crippen molar-refractivity contribution in [3.05, 3.63) is 28.8 Å². The van der Waals surface area contributed by atoms with E-state index in [1.807, 2.05) is 25.1 Å². The lowest BCUT2D eigenvalue weighted by molar-refractivity contribution is -0.904. The predicted molar refractivity (Wildman–Crippen MR) is 94.4 cm³/mol. The molecule has 1 aromatic rings. The summed E-state index contributed by atoms with van der Waals surface area (Å²) in [6.07, 6.45) is 5.34. The number of hydrogen-bond donors (Lipinski definition) is 3. The molecule has 1 saturated heterocycles. The molecule has 0 unspecified atom stereocenters. The van der Waals surface area contributed by atoms with Crippen molar-refractivity contribution in [2.24, 2.45) is 0 Å². The second kappa shape index (κ2) is 8.57. The molecule has 0 saturated carbocycles. The van der Waals surface area contributed by atoms with Crippen LogP contribution in [0.5, 0.6) is 0 Å². The first kappa shape index (κ1) is 16.5. The molecule has 1 aliphatic heterocycles. The minimum absolute atomic E-state index is 0.675. The Morgan fingerprint density at radius 2 is 2.05 bits per heavy atom. The third-order valence-corrected chi connectivity index (χ3v) is 4.73. The molecule has 2 rings (SSSR count). The topological polar surface area (TPSA) is 28.5 Å². The van der Waals surface area contributed by atoms with E-state index < -0.39 is 0 Å². The maximum absolute atomic E-state index is 6.10. The van der Waals surface area contributed by atoms with Gasteiger partial charge in [0.25, 0.3) is 0 Å². The Balaban J connectivity index is 1.66. The Morgan fingerprint density at radius 3 is 2.81 bits per heavy atom. The van der Waals surface area contributed by atoms with Crippen molar-refractivity contribution in [2.75, 3.05) is 31.5 Å². The lowest BCUT2D eigenvalue weighted by Crippen LogP contribution is -3.12. The standard InChI is InChI=1S/C16H24ClN3S/c1-13-14(17)7-5-8-15(13)19-16(21)18-9-6-12-20-10-3-2-4-11-20/h5,7-8H,2-4,6,9-12H2,1H3,(H2,18,19,21)/p+1. The number of anilines is 1. The van der Waals surface area contributed by atoms with Crippen LogP contribution >= 0.6 is 23.8 Å². The van der Waals surface area contributed by atoms with Crippen LogP contribution in [0.15, 0.2) is 18.2 Å². The van der Waals surface area contributed by atoms with Crippen LogP contribution in [0, 0.1) is 6.92 Å². The number of hydrogen-bond acceptors (Lipinski definition) is 1. The average Bonchev–Trinajstić information content (AvgIpc) is 2.49. The van der Waals surface area contributed by atoms with Gasteiger partial charge in [-0.3, -0.25) is 0 Å². The van der Waals surface area contributed by atoms with E-state index in [0.717, 1.165) is 29.2 Å². The summed E-state index contributed by atoms with van der Waals surface area (Å²) >= 11 is 11.4. The lowest BCUT2D eigenvalue weighted by atomic mass is 10.1. The Labute approximate surface area is 138 Å². The number of halogens is 1. The van der Waals surface area contributed by atoms with Gasteiger partial charge in [0, 0.05) is 23.7 Å². The highest BCUT2D eigenvalue weighted by Crippen LogP contribution is 2.22. The zero-order valence-corrected chi connectivity index (χ0v) is 14.2. The maximum Gasteiger partial charge on any atom is 0.170 e. The Morgan fingerprint density at radius 1 is 1.29 bits per heavy atom. The summed E-state index contributed by atoms with van der Waals surface area (Å²) in [6, 6.07) is 5.81. The smallest absolute Gasteiger partial charge is 0.170 e. The van der Waals surface area contributed by atoms with Gasteiger partial charge in [-0.2, -0.15) is 0 Å². The van der Waals surface area contributed by atoms with Gasteiger partial charge >= 0.3 is 0 Å². The molecule has 0 aliphatic carbocycles. The van der Waals surface area contributed by atoms with E-state index >= 15 is 0 Å². The fourth-order valence-corrected chi connectivity index (χ4v) is 3.14. The molecule has 1 aromatic carbocycles. The molecule has 5 heteroatoms. The molecule has 0 amide bonds. The molecule has 1 fully saturated rings. The third-order valence-electron chi connectivity index (χ3n) is 4.07. The molecule has 0 bridgehead atoms. The van der Waals surface area contributed by atoms with Crippen LogP contribution in [0.3, 0.4) is 0 Å². The minimum atomic E-state index is 0.675. The van der Waals surface area contributed by atoms with Crippen LogP contribution in [0.2, 0.25) is 5.02 Å². The first-order valence-corrected chi connectivity index (χ1v) is 8.59. The van der Waals surface area contributed by atoms with E-state index in [2.05, 4.69) is 10.6 Å². The molecule has 0 radical (unpaired) electrons. The fraction of sp³-hybridized carbons (Fsp3) is 0.562. The van der Waals surface area contributed by atoms with Gasteiger partial charge in [-0.15, -0.1) is 0 Å². The highest BCUT2D eigenvalue weighted by Gasteiger charge is 2.12. The van der Waals surface area contributed by atoms with Crippen molar-refractivity contribution in [1.82, 2.24) is 5.32 Å². The zero-order valence-electron chi connectivity index (χ0n) is 12.7. The van der Waals surface area contributed by atoms with Crippen molar-refractivity contribution >= 4 is 34.6 Å². The van der Waals surface area contributed by atoms with Crippen molar-refractivity contribution in [1.29, 1.82) is 0 Å². The molecule has 1 heterocycles. The molecule has 0 spiro atoms. The van der Waals surface area contributed by atoms with Crippen LogP contribution in [-0.2, 0) is 0 Å². The van der Waals surface area contributed by atoms with Crippen LogP contribution in [0.25, 0.3) is 0 Å². The molecule has 116 valence electrons. The molecule has 0 aromatic heterocycles. The summed E-state index contributed by atoms with van der Waals surface area (Å²) in [6.45, 7) is 6.84. The van der Waals surface area contributed by atoms with Crippen LogP contribution in [-0.4, -0.2) is 31.3 Å². The van der Waals surface area contributed by atoms with Gasteiger partial charge in [-0.25, -0.2) is 0 Å². The van der Waals surface area contributed by atoms with Crippen molar-refractivity contribution in [2.45, 2.75) is 32.6 Å². The van der Waals surface area contributed by atoms with E-state index in [-0.39, 0.29) is 0 Å². The zero-order chi connectivity index (χ0) is 15.1. The van der Waals surface area contributed by atoms with Gasteiger partial charge in [-0.1, -0.05) is 17.7 Å². The molecule has 1 aliphatic rings. The van der Waals surface area contributed by atoms with Crippen LogP contribution < -0.4 is 15.5 Å². The summed E-state index contributed by atoms with van der Waals surface area (Å²) in [5, 5.41) is 7.94. The quantitative estimate of drug-likeness (QED) is 0.573. The van der Waals surface area contributed by atoms with Crippen LogP contribution in [0.4, 0.5) is 5.69 Å². The highest BCUT2D eigenvalue weighted by atomic mass is 35.5. The van der Waals surface area contributed by atoms with Crippen LogP contribution in [0.1, 0.15) is 31.2 Å². The van der Waals surface area contributed by atoms with E-state index in [0.29, 0.717) is 5.11 Å². The number of rotatable bonds is 5. The van der Waals surface area contributed by atoms with Gasteiger partial charge < -0.3 is 15.5 Å². The summed E-state index contributed by atoms with van der Waals surface area (Å²) < 4.78 is 0. The number of quaternary nitrogens is 1. The van der Waals surface area contributed by atoms with E-state index in [1.54, 1.807) is 4.90 Å². The second-order valence-electron chi connectivity index (χ2n) is 5.71. The summed E-state index contributed by atoms with van der Waals surface area (Å²) in [7, 11) is 0. The first-order chi connectivity index (χ1) is 10.2. The Hall–Kier alpha value is -0.840. The summed E-state index contributed by atoms with van der Waals surface area (Å²) in [4.78, 5) is 1.74. The van der Waals surface area contributed by atoms with Gasteiger partial charge in [0.2, 0.25) is 0 Å². The average molecular weight is 327 g/mol. The number of thiocarbonyl (C=S) groups is 1. The molecular weight excluding hydrogens is 302 g/mol. The Kier molecular flexibility index (Phi) is 6.74. The van der Waals surface area contributed by atoms with E-state index in [1.165, 1.54) is 38.9 Å². The Bertz CT molecular complexity index is 473. The fourth-order valence-electron chi connectivity index (χ4n) is 2.75. The SMILES string of the molecule is Cc1c(Cl)cccc1NC(=S)NCCC[NH+]1CCCCC1. The van der Waals surface area contributed by atoms with E-state index in [9.17, 15) is 0 Å². The maximum atomic E-state index is 6.10. The minimum Gasteiger partial charge on any atom is -0.362 e. The highest BCUT2D eigenvalue weighted by molar-refractivity contribution is 7.80. The largest absolute Gasteiger partial charge is 0.362 e. The summed E-state index contributed by atoms with van der Waals surface area (Å²) in [5.41, 5.74) is 2.00. The van der Waals surface area contributed by atoms with Crippen molar-refractivity contribution < 1.29 is 4.90 Å². The molecule has 0 atom stereocenters. The summed E-state index contributed by atoms with van der Waals surface area (Å²) in [5.74, 6) is 0. The number of piperidine rings is 1. The molecule has 3 nitrogen and oxygen atoms in total. The third kappa shape index (κ3) is 5.46. The van der Waals surface area contributed by atoms with Crippen molar-refractivity contribution in [3.63, 3.8) is 0 Å². The number of likely N-dealkylation sites (tertiary alicyclic amines) is 1. The van der Waals surface area contributed by atoms with Gasteiger partial charge in [0.05, 0.1) is 19.6 Å². The number of nitrogens with one attached hydrogen (secondary N) is 3. The molecule has 21 heavy (non-hydrogen) atoms. The normalized spacial score (nSPS) is 15.7.